The molecule has 160 valence electrons. The first-order valence-corrected chi connectivity index (χ1v) is 10.0. The summed E-state index contributed by atoms with van der Waals surface area (Å²) in [6.07, 6.45) is -0.247. The Labute approximate surface area is 172 Å². The van der Waals surface area contributed by atoms with Gasteiger partial charge < -0.3 is 15.0 Å². The first-order chi connectivity index (χ1) is 14.3. The summed E-state index contributed by atoms with van der Waals surface area (Å²) in [5, 5.41) is 12.0. The highest BCUT2D eigenvalue weighted by atomic mass is 19.4. The van der Waals surface area contributed by atoms with E-state index < -0.39 is 6.36 Å². The molecule has 6 nitrogen and oxygen atoms in total. The van der Waals surface area contributed by atoms with Gasteiger partial charge in [-0.1, -0.05) is 13.0 Å². The SMILES string of the molecule is CCc1ccc(-c2nnc(N[C@@H]3CCCN(C)C3)n3cccc23)c(OC(F)(F)F)c1. The summed E-state index contributed by atoms with van der Waals surface area (Å²) >= 11 is 0. The van der Waals surface area contributed by atoms with E-state index in [0.29, 0.717) is 23.6 Å². The van der Waals surface area contributed by atoms with Crippen LogP contribution in [0.1, 0.15) is 25.3 Å². The minimum atomic E-state index is -4.79. The van der Waals surface area contributed by atoms with Crippen molar-refractivity contribution in [1.82, 2.24) is 19.5 Å². The molecule has 30 heavy (non-hydrogen) atoms. The second-order valence-corrected chi connectivity index (χ2v) is 7.61. The van der Waals surface area contributed by atoms with Gasteiger partial charge in [0.15, 0.2) is 0 Å². The lowest BCUT2D eigenvalue weighted by atomic mass is 10.1. The fraction of sp³-hybridized carbons (Fsp3) is 0.429. The van der Waals surface area contributed by atoms with Crippen molar-refractivity contribution in [1.29, 1.82) is 0 Å². The van der Waals surface area contributed by atoms with Crippen molar-refractivity contribution < 1.29 is 17.9 Å². The molecule has 0 saturated carbocycles. The summed E-state index contributed by atoms with van der Waals surface area (Å²) in [7, 11) is 2.08. The zero-order valence-electron chi connectivity index (χ0n) is 16.9. The van der Waals surface area contributed by atoms with Crippen LogP contribution in [0.15, 0.2) is 36.5 Å². The smallest absolute Gasteiger partial charge is 0.405 e. The number of hydrogen-bond acceptors (Lipinski definition) is 5. The van der Waals surface area contributed by atoms with Gasteiger partial charge in [0.25, 0.3) is 0 Å². The van der Waals surface area contributed by atoms with E-state index in [1.807, 2.05) is 29.7 Å². The maximum atomic E-state index is 13.0. The van der Waals surface area contributed by atoms with E-state index in [0.717, 1.165) is 31.5 Å². The zero-order valence-corrected chi connectivity index (χ0v) is 16.9. The number of rotatable bonds is 5. The maximum Gasteiger partial charge on any atom is 0.573 e. The zero-order chi connectivity index (χ0) is 21.3. The number of halogens is 3. The van der Waals surface area contributed by atoms with Gasteiger partial charge in [-0.25, -0.2) is 0 Å². The molecule has 3 aromatic rings. The van der Waals surface area contributed by atoms with E-state index >= 15 is 0 Å². The number of aryl methyl sites for hydroxylation is 1. The Morgan fingerprint density at radius 1 is 1.23 bits per heavy atom. The van der Waals surface area contributed by atoms with Gasteiger partial charge in [0.05, 0.1) is 5.52 Å². The molecule has 0 unspecified atom stereocenters. The maximum absolute atomic E-state index is 13.0. The molecule has 1 atom stereocenters. The third kappa shape index (κ3) is 4.35. The van der Waals surface area contributed by atoms with Crippen molar-refractivity contribution in [3.05, 3.63) is 42.1 Å². The van der Waals surface area contributed by atoms with Crippen molar-refractivity contribution >= 4 is 11.5 Å². The average Bonchev–Trinajstić information content (AvgIpc) is 3.18. The van der Waals surface area contributed by atoms with E-state index in [1.165, 1.54) is 6.07 Å². The molecule has 0 spiro atoms. The standard InChI is InChI=1S/C21H24F3N5O/c1-3-14-8-9-16(18(12-14)30-21(22,23)24)19-17-7-5-11-29(17)20(27-26-19)25-15-6-4-10-28(2)13-15/h5,7-9,11-12,15H,3-4,6,10,13H2,1-2H3,(H,25,27)/t15-/m1/s1. The van der Waals surface area contributed by atoms with Crippen LogP contribution in [0.2, 0.25) is 0 Å². The number of hydrogen-bond donors (Lipinski definition) is 1. The molecule has 0 aliphatic carbocycles. The number of piperidine rings is 1. The van der Waals surface area contributed by atoms with Crippen LogP contribution in [-0.2, 0) is 6.42 Å². The number of nitrogens with zero attached hydrogens (tertiary/aromatic N) is 4. The summed E-state index contributed by atoms with van der Waals surface area (Å²) < 4.78 is 45.2. The van der Waals surface area contributed by atoms with E-state index in [-0.39, 0.29) is 17.4 Å². The van der Waals surface area contributed by atoms with E-state index in [9.17, 15) is 13.2 Å². The second kappa shape index (κ2) is 8.14. The Hall–Kier alpha value is -2.81. The highest BCUT2D eigenvalue weighted by molar-refractivity contribution is 5.81. The Balaban J connectivity index is 1.73. The number of aromatic nitrogens is 3. The first kappa shape index (κ1) is 20.5. The number of anilines is 1. The molecule has 0 amide bonds. The van der Waals surface area contributed by atoms with Crippen LogP contribution in [-0.4, -0.2) is 52.0 Å². The summed E-state index contributed by atoms with van der Waals surface area (Å²) in [5.41, 5.74) is 2.00. The molecule has 0 radical (unpaired) electrons. The lowest BCUT2D eigenvalue weighted by Gasteiger charge is -2.30. The predicted molar refractivity (Wildman–Crippen MR) is 109 cm³/mol. The second-order valence-electron chi connectivity index (χ2n) is 7.61. The van der Waals surface area contributed by atoms with Crippen LogP contribution >= 0.6 is 0 Å². The Bertz CT molecular complexity index is 1030. The van der Waals surface area contributed by atoms with Gasteiger partial charge in [0.2, 0.25) is 5.95 Å². The van der Waals surface area contributed by atoms with Crippen LogP contribution in [0.25, 0.3) is 16.8 Å². The molecule has 1 fully saturated rings. The molecule has 1 N–H and O–H groups in total. The molecule has 1 aromatic carbocycles. The molecule has 0 bridgehead atoms. The van der Waals surface area contributed by atoms with Crippen LogP contribution in [0, 0.1) is 0 Å². The number of ether oxygens (including phenoxy) is 1. The molecule has 9 heteroatoms. The van der Waals surface area contributed by atoms with E-state index in [1.54, 1.807) is 12.1 Å². The average molecular weight is 419 g/mol. The third-order valence-electron chi connectivity index (χ3n) is 5.36. The normalized spacial score (nSPS) is 18.0. The number of alkyl halides is 3. The minimum Gasteiger partial charge on any atom is -0.405 e. The van der Waals surface area contributed by atoms with Crippen molar-refractivity contribution in [2.24, 2.45) is 0 Å². The fourth-order valence-corrected chi connectivity index (χ4v) is 3.90. The van der Waals surface area contributed by atoms with Crippen molar-refractivity contribution in [2.75, 3.05) is 25.5 Å². The number of likely N-dealkylation sites (tertiary alicyclic amines) is 1. The highest BCUT2D eigenvalue weighted by Gasteiger charge is 2.33. The monoisotopic (exact) mass is 419 g/mol. The highest BCUT2D eigenvalue weighted by Crippen LogP contribution is 2.36. The van der Waals surface area contributed by atoms with Crippen molar-refractivity contribution in [2.45, 2.75) is 38.6 Å². The third-order valence-corrected chi connectivity index (χ3v) is 5.36. The summed E-state index contributed by atoms with van der Waals surface area (Å²) in [6, 6.07) is 8.68. The summed E-state index contributed by atoms with van der Waals surface area (Å²) in [5.74, 6) is 0.302. The number of likely N-dealkylation sites (N-methyl/N-ethyl adjacent to an activating group) is 1. The minimum absolute atomic E-state index is 0.238. The van der Waals surface area contributed by atoms with Gasteiger partial charge in [-0.2, -0.15) is 0 Å². The van der Waals surface area contributed by atoms with E-state index in [2.05, 4.69) is 32.2 Å². The summed E-state index contributed by atoms with van der Waals surface area (Å²) in [6.45, 7) is 3.84. The molecule has 1 aliphatic heterocycles. The van der Waals surface area contributed by atoms with Crippen molar-refractivity contribution in [3.8, 4) is 17.0 Å². The number of benzene rings is 1. The van der Waals surface area contributed by atoms with Gasteiger partial charge in [-0.3, -0.25) is 4.40 Å². The van der Waals surface area contributed by atoms with Gasteiger partial charge >= 0.3 is 6.36 Å². The van der Waals surface area contributed by atoms with Gasteiger partial charge in [0, 0.05) is 24.3 Å². The van der Waals surface area contributed by atoms with Gasteiger partial charge in [-0.15, -0.1) is 23.4 Å². The lowest BCUT2D eigenvalue weighted by molar-refractivity contribution is -0.274. The summed E-state index contributed by atoms with van der Waals surface area (Å²) in [4.78, 5) is 2.26. The van der Waals surface area contributed by atoms with E-state index in [4.69, 9.17) is 0 Å². The van der Waals surface area contributed by atoms with Gasteiger partial charge in [0.1, 0.15) is 11.4 Å². The molecule has 3 heterocycles. The molecule has 2 aromatic heterocycles. The fourth-order valence-electron chi connectivity index (χ4n) is 3.90. The largest absolute Gasteiger partial charge is 0.573 e. The van der Waals surface area contributed by atoms with Crippen molar-refractivity contribution in [3.63, 3.8) is 0 Å². The topological polar surface area (TPSA) is 54.7 Å². The molecule has 1 aliphatic rings. The molecule has 4 rings (SSSR count). The Morgan fingerprint density at radius 2 is 2.07 bits per heavy atom. The number of fused-ring (bicyclic) bond motifs is 1. The van der Waals surface area contributed by atoms with Crippen LogP contribution in [0.3, 0.4) is 0 Å². The molecule has 1 saturated heterocycles. The Morgan fingerprint density at radius 3 is 2.80 bits per heavy atom. The van der Waals surface area contributed by atoms with Crippen LogP contribution in [0.5, 0.6) is 5.75 Å². The first-order valence-electron chi connectivity index (χ1n) is 10.0. The molecular weight excluding hydrogens is 395 g/mol. The Kier molecular flexibility index (Phi) is 5.55. The lowest BCUT2D eigenvalue weighted by Crippen LogP contribution is -2.40. The molecular formula is C21H24F3N5O. The van der Waals surface area contributed by atoms with Gasteiger partial charge in [-0.05, 0) is 62.7 Å². The van der Waals surface area contributed by atoms with Crippen LogP contribution in [0.4, 0.5) is 19.1 Å². The van der Waals surface area contributed by atoms with Crippen LogP contribution < -0.4 is 10.1 Å². The number of nitrogens with one attached hydrogen (secondary N) is 1. The quantitative estimate of drug-likeness (QED) is 0.666. The predicted octanol–water partition coefficient (Wildman–Crippen LogP) is 4.36.